The van der Waals surface area contributed by atoms with Gasteiger partial charge in [0.25, 0.3) is 0 Å². The van der Waals surface area contributed by atoms with E-state index < -0.39 is 11.4 Å². The van der Waals surface area contributed by atoms with E-state index in [2.05, 4.69) is 13.8 Å². The molecule has 1 aromatic carbocycles. The first kappa shape index (κ1) is 12.9. The minimum absolute atomic E-state index is 0.298. The van der Waals surface area contributed by atoms with E-state index in [1.54, 1.807) is 7.11 Å². The SMILES string of the molecule is COc1c(C)ccc(C(C)C)c1C1(C(=O)O)CC1. The number of rotatable bonds is 4. The van der Waals surface area contributed by atoms with Gasteiger partial charge >= 0.3 is 5.97 Å². The molecule has 0 unspecified atom stereocenters. The molecule has 1 aromatic rings. The Bertz CT molecular complexity index is 485. The lowest BCUT2D eigenvalue weighted by molar-refractivity contribution is -0.140. The van der Waals surface area contributed by atoms with E-state index in [1.807, 2.05) is 19.1 Å². The van der Waals surface area contributed by atoms with Gasteiger partial charge in [0.15, 0.2) is 0 Å². The predicted octanol–water partition coefficient (Wildman–Crippen LogP) is 3.24. The number of aryl methyl sites for hydroxylation is 1. The van der Waals surface area contributed by atoms with Crippen molar-refractivity contribution in [3.05, 3.63) is 28.8 Å². The fourth-order valence-corrected chi connectivity index (χ4v) is 2.64. The van der Waals surface area contributed by atoms with Gasteiger partial charge in [0.2, 0.25) is 0 Å². The van der Waals surface area contributed by atoms with E-state index in [4.69, 9.17) is 4.74 Å². The van der Waals surface area contributed by atoms with Crippen LogP contribution in [-0.2, 0) is 10.2 Å². The minimum Gasteiger partial charge on any atom is -0.496 e. The molecule has 0 amide bonds. The van der Waals surface area contributed by atoms with Crippen molar-refractivity contribution >= 4 is 5.97 Å². The highest BCUT2D eigenvalue weighted by molar-refractivity contribution is 5.87. The molecule has 98 valence electrons. The molecule has 1 saturated carbocycles. The lowest BCUT2D eigenvalue weighted by Gasteiger charge is -2.22. The zero-order chi connectivity index (χ0) is 13.5. The second-order valence-corrected chi connectivity index (χ2v) is 5.42. The number of hydrogen-bond acceptors (Lipinski definition) is 2. The minimum atomic E-state index is -0.728. The molecule has 18 heavy (non-hydrogen) atoms. The zero-order valence-corrected chi connectivity index (χ0v) is 11.4. The first-order valence-electron chi connectivity index (χ1n) is 6.35. The van der Waals surface area contributed by atoms with Crippen molar-refractivity contribution in [3.63, 3.8) is 0 Å². The predicted molar refractivity (Wildman–Crippen MR) is 70.4 cm³/mol. The van der Waals surface area contributed by atoms with Crippen molar-refractivity contribution in [1.82, 2.24) is 0 Å². The van der Waals surface area contributed by atoms with Crippen LogP contribution in [0.3, 0.4) is 0 Å². The Labute approximate surface area is 108 Å². The number of methoxy groups -OCH3 is 1. The average Bonchev–Trinajstić information content (AvgIpc) is 3.09. The van der Waals surface area contributed by atoms with Gasteiger partial charge in [-0.15, -0.1) is 0 Å². The summed E-state index contributed by atoms with van der Waals surface area (Å²) in [4.78, 5) is 11.6. The van der Waals surface area contributed by atoms with Crippen molar-refractivity contribution < 1.29 is 14.6 Å². The number of hydrogen-bond donors (Lipinski definition) is 1. The summed E-state index contributed by atoms with van der Waals surface area (Å²) in [5, 5.41) is 9.52. The van der Waals surface area contributed by atoms with E-state index in [1.165, 1.54) is 0 Å². The monoisotopic (exact) mass is 248 g/mol. The van der Waals surface area contributed by atoms with Crippen molar-refractivity contribution in [2.24, 2.45) is 0 Å². The highest BCUT2D eigenvalue weighted by Gasteiger charge is 2.54. The number of aliphatic carboxylic acids is 1. The lowest BCUT2D eigenvalue weighted by atomic mass is 9.84. The second kappa shape index (κ2) is 4.30. The topological polar surface area (TPSA) is 46.5 Å². The summed E-state index contributed by atoms with van der Waals surface area (Å²) >= 11 is 0. The third-order valence-electron chi connectivity index (χ3n) is 3.85. The molecule has 0 saturated heterocycles. The highest BCUT2D eigenvalue weighted by atomic mass is 16.5. The summed E-state index contributed by atoms with van der Waals surface area (Å²) in [6.07, 6.45) is 1.42. The van der Waals surface area contributed by atoms with Crippen LogP contribution in [-0.4, -0.2) is 18.2 Å². The largest absolute Gasteiger partial charge is 0.496 e. The third kappa shape index (κ3) is 1.78. The summed E-state index contributed by atoms with van der Waals surface area (Å²) in [5.41, 5.74) is 2.28. The molecule has 1 N–H and O–H groups in total. The molecule has 0 aromatic heterocycles. The molecule has 2 rings (SSSR count). The molecular formula is C15H20O3. The van der Waals surface area contributed by atoms with Crippen LogP contribution < -0.4 is 4.74 Å². The molecule has 1 fully saturated rings. The van der Waals surface area contributed by atoms with E-state index >= 15 is 0 Å². The fourth-order valence-electron chi connectivity index (χ4n) is 2.64. The summed E-state index contributed by atoms with van der Waals surface area (Å²) in [6.45, 7) is 6.14. The molecule has 1 aliphatic rings. The number of carbonyl (C=O) groups is 1. The molecule has 1 aliphatic carbocycles. The van der Waals surface area contributed by atoms with E-state index in [0.29, 0.717) is 18.8 Å². The molecule has 0 spiro atoms. The van der Waals surface area contributed by atoms with Gasteiger partial charge in [-0.1, -0.05) is 26.0 Å². The number of carboxylic acids is 1. The van der Waals surface area contributed by atoms with Gasteiger partial charge in [-0.05, 0) is 36.8 Å². The molecule has 3 nitrogen and oxygen atoms in total. The van der Waals surface area contributed by atoms with Gasteiger partial charge in [0, 0.05) is 5.56 Å². The number of benzene rings is 1. The van der Waals surface area contributed by atoms with Gasteiger partial charge in [0.05, 0.1) is 12.5 Å². The van der Waals surface area contributed by atoms with Crippen LogP contribution in [0.25, 0.3) is 0 Å². The Morgan fingerprint density at radius 3 is 2.39 bits per heavy atom. The Hall–Kier alpha value is -1.51. The Morgan fingerprint density at radius 2 is 2.00 bits per heavy atom. The Balaban J connectivity index is 2.69. The maximum Gasteiger partial charge on any atom is 0.314 e. The summed E-state index contributed by atoms with van der Waals surface area (Å²) < 4.78 is 5.48. The van der Waals surface area contributed by atoms with Gasteiger partial charge in [-0.25, -0.2) is 0 Å². The number of carboxylic acid groups (broad SMARTS) is 1. The molecule has 0 atom stereocenters. The normalized spacial score (nSPS) is 16.7. The van der Waals surface area contributed by atoms with Gasteiger partial charge in [-0.2, -0.15) is 0 Å². The Morgan fingerprint density at radius 1 is 1.39 bits per heavy atom. The average molecular weight is 248 g/mol. The highest BCUT2D eigenvalue weighted by Crippen LogP contribution is 2.54. The van der Waals surface area contributed by atoms with Crippen molar-refractivity contribution in [1.29, 1.82) is 0 Å². The molecule has 0 aliphatic heterocycles. The van der Waals surface area contributed by atoms with E-state index in [-0.39, 0.29) is 0 Å². The fraction of sp³-hybridized carbons (Fsp3) is 0.533. The lowest BCUT2D eigenvalue weighted by Crippen LogP contribution is -2.23. The molecule has 3 heteroatoms. The zero-order valence-electron chi connectivity index (χ0n) is 11.4. The van der Waals surface area contributed by atoms with Crippen LogP contribution in [0.5, 0.6) is 5.75 Å². The van der Waals surface area contributed by atoms with Gasteiger partial charge in [-0.3, -0.25) is 4.79 Å². The maximum atomic E-state index is 11.6. The molecular weight excluding hydrogens is 228 g/mol. The van der Waals surface area contributed by atoms with Crippen LogP contribution >= 0.6 is 0 Å². The summed E-state index contributed by atoms with van der Waals surface area (Å²) in [6, 6.07) is 4.05. The van der Waals surface area contributed by atoms with Crippen molar-refractivity contribution in [2.75, 3.05) is 7.11 Å². The van der Waals surface area contributed by atoms with Gasteiger partial charge in [0.1, 0.15) is 5.75 Å². The molecule has 0 heterocycles. The van der Waals surface area contributed by atoms with Gasteiger partial charge < -0.3 is 9.84 Å². The van der Waals surface area contributed by atoms with Crippen LogP contribution in [0.1, 0.15) is 49.3 Å². The van der Waals surface area contributed by atoms with Crippen LogP contribution in [0, 0.1) is 6.92 Å². The van der Waals surface area contributed by atoms with E-state index in [9.17, 15) is 9.90 Å². The van der Waals surface area contributed by atoms with Crippen LogP contribution in [0.15, 0.2) is 12.1 Å². The van der Waals surface area contributed by atoms with Crippen molar-refractivity contribution in [2.45, 2.75) is 44.9 Å². The third-order valence-corrected chi connectivity index (χ3v) is 3.85. The summed E-state index contributed by atoms with van der Waals surface area (Å²) in [7, 11) is 1.62. The van der Waals surface area contributed by atoms with Crippen LogP contribution in [0.2, 0.25) is 0 Å². The maximum absolute atomic E-state index is 11.6. The molecule has 0 bridgehead atoms. The number of ether oxygens (including phenoxy) is 1. The second-order valence-electron chi connectivity index (χ2n) is 5.42. The Kier molecular flexibility index (Phi) is 3.09. The molecule has 0 radical (unpaired) electrons. The smallest absolute Gasteiger partial charge is 0.314 e. The first-order valence-corrected chi connectivity index (χ1v) is 6.35. The first-order chi connectivity index (χ1) is 8.44. The van der Waals surface area contributed by atoms with Crippen LogP contribution in [0.4, 0.5) is 0 Å². The standard InChI is InChI=1S/C15H20O3/c1-9(2)11-6-5-10(3)13(18-4)12(11)15(7-8-15)14(16)17/h5-6,9H,7-8H2,1-4H3,(H,16,17). The van der Waals surface area contributed by atoms with E-state index in [0.717, 1.165) is 22.4 Å². The van der Waals surface area contributed by atoms with Crippen molar-refractivity contribution in [3.8, 4) is 5.75 Å². The quantitative estimate of drug-likeness (QED) is 0.889. The summed E-state index contributed by atoms with van der Waals surface area (Å²) in [5.74, 6) is 0.320.